The average Bonchev–Trinajstić information content (AvgIpc) is 1.54. The molecule has 7 aromatic heterocycles. The quantitative estimate of drug-likeness (QED) is 0.118. The van der Waals surface area contributed by atoms with Gasteiger partial charge in [-0.25, -0.2) is 34.9 Å². The van der Waals surface area contributed by atoms with Crippen molar-refractivity contribution in [1.29, 1.82) is 0 Å². The van der Waals surface area contributed by atoms with Crippen LogP contribution in [0.1, 0.15) is 48.6 Å². The normalized spacial score (nSPS) is 13.4. The minimum absolute atomic E-state index is 0.497. The summed E-state index contributed by atoms with van der Waals surface area (Å²) in [4.78, 5) is 48.6. The average molecular weight is 1320 g/mol. The van der Waals surface area contributed by atoms with Crippen molar-refractivity contribution < 1.29 is 0 Å². The number of aromatic nitrogens is 11. The summed E-state index contributed by atoms with van der Waals surface area (Å²) in [5.74, 6) is 6.04. The van der Waals surface area contributed by atoms with Gasteiger partial charge in [-0.2, -0.15) is 9.97 Å². The molecule has 2 aliphatic carbocycles. The van der Waals surface area contributed by atoms with E-state index in [0.717, 1.165) is 107 Å². The maximum Gasteiger partial charge on any atom is 0.238 e. The molecule has 21 rings (SSSR count). The van der Waals surface area contributed by atoms with Crippen molar-refractivity contribution in [2.24, 2.45) is 0 Å². The molecule has 0 amide bonds. The van der Waals surface area contributed by atoms with Crippen LogP contribution in [-0.2, 0) is 0 Å². The van der Waals surface area contributed by atoms with Crippen LogP contribution in [0.3, 0.4) is 0 Å². The molecule has 12 aromatic carbocycles. The van der Waals surface area contributed by atoms with Gasteiger partial charge < -0.3 is 4.57 Å². The second kappa shape index (κ2) is 22.6. The van der Waals surface area contributed by atoms with Gasteiger partial charge in [0.25, 0.3) is 0 Å². The molecule has 2 fully saturated rings. The first-order valence-electron chi connectivity index (χ1n) is 34.0. The SMILES string of the molecule is c1ccc(-c2nc(-c3ccccc3)nc(-c3cc(-c4nc(-c5ccccc5)nc(-c5ccccc5)n4)cc(-n4c5ccc(C6CC6)cc5c5cc6c(cc54)c4cc(C5CC5)ccc4n6-c4nc(-c5ccc6sc7ccccc7c6c5)nc(-c5ccc6sc7ccccc7c6c5)n4)c3)n2)cc1. The predicted molar refractivity (Wildman–Crippen MR) is 408 cm³/mol. The molecule has 0 saturated heterocycles. The lowest BCUT2D eigenvalue weighted by Gasteiger charge is -2.15. The molecule has 19 aromatic rings. The Kier molecular flexibility index (Phi) is 12.9. The van der Waals surface area contributed by atoms with Crippen LogP contribution in [0.15, 0.2) is 273 Å². The number of nitrogens with zero attached hydrogens (tertiary/aromatic N) is 11. The van der Waals surface area contributed by atoms with Crippen LogP contribution in [0.5, 0.6) is 0 Å². The summed E-state index contributed by atoms with van der Waals surface area (Å²) >= 11 is 3.62. The second-order valence-corrected chi connectivity index (χ2v) is 28.6. The number of thiophene rings is 2. The molecular formula is C87H55N11S2. The molecule has 11 nitrogen and oxygen atoms in total. The van der Waals surface area contributed by atoms with E-state index >= 15 is 0 Å². The maximum atomic E-state index is 5.64. The van der Waals surface area contributed by atoms with E-state index < -0.39 is 0 Å². The minimum atomic E-state index is 0.497. The fraction of sp³-hybridized carbons (Fsp3) is 0.0690. The third-order valence-corrected chi connectivity index (χ3v) is 22.3. The van der Waals surface area contributed by atoms with Crippen molar-refractivity contribution in [3.8, 4) is 103 Å². The first kappa shape index (κ1) is 56.8. The zero-order valence-electron chi connectivity index (χ0n) is 53.7. The summed E-state index contributed by atoms with van der Waals surface area (Å²) in [7, 11) is 0. The predicted octanol–water partition coefficient (Wildman–Crippen LogP) is 22.3. The lowest BCUT2D eigenvalue weighted by atomic mass is 10.0. The molecule has 13 heteroatoms. The number of hydrogen-bond acceptors (Lipinski definition) is 11. The van der Waals surface area contributed by atoms with Crippen LogP contribution >= 0.6 is 22.7 Å². The Hall–Kier alpha value is -12.3. The molecule has 0 bridgehead atoms. The van der Waals surface area contributed by atoms with Gasteiger partial charge in [0.1, 0.15) is 0 Å². The Morgan fingerprint density at radius 1 is 0.230 bits per heavy atom. The van der Waals surface area contributed by atoms with Gasteiger partial charge in [0.2, 0.25) is 5.95 Å². The fourth-order valence-corrected chi connectivity index (χ4v) is 16.9. The Morgan fingerprint density at radius 3 is 0.980 bits per heavy atom. The van der Waals surface area contributed by atoms with Crippen LogP contribution in [0.4, 0.5) is 0 Å². The molecule has 0 aliphatic heterocycles. The van der Waals surface area contributed by atoms with E-state index in [1.807, 2.05) is 144 Å². The van der Waals surface area contributed by atoms with Crippen LogP contribution in [-0.4, -0.2) is 54.0 Å². The molecule has 100 heavy (non-hydrogen) atoms. The molecule has 2 saturated carbocycles. The fourth-order valence-electron chi connectivity index (χ4n) is 14.7. The van der Waals surface area contributed by atoms with Crippen molar-refractivity contribution in [3.05, 3.63) is 284 Å². The highest BCUT2D eigenvalue weighted by atomic mass is 32.1. The molecule has 0 spiro atoms. The zero-order chi connectivity index (χ0) is 65.5. The standard InChI is InChI=1S/C87H55N11S2/c1-5-17-52(18-6-1)79-88-80(53-19-7-2-8-20-53)91-85(90-79)60-41-61(86-92-81(54-21-9-3-10-22-54)89-82(93-86)55-23-11-4-12-24-55)43-62(42-60)97-71-37-33-56(50-29-30-50)44-65(71)67-49-74-68(48-73(67)97)66-45-57(51-31-32-51)34-38-72(66)98(74)87-95-83(58-35-39-77-69(46-58)63-25-13-15-27-75(63)99-77)94-84(96-87)59-36-40-78-70(47-59)64-26-14-16-28-76(64)100-78/h1-28,33-51H,29-32H2. The Balaban J connectivity index is 0.837. The van der Waals surface area contributed by atoms with E-state index in [1.54, 1.807) is 0 Å². The van der Waals surface area contributed by atoms with Gasteiger partial charge in [-0.05, 0) is 152 Å². The Morgan fingerprint density at radius 2 is 0.570 bits per heavy atom. The number of hydrogen-bond donors (Lipinski definition) is 0. The van der Waals surface area contributed by atoms with E-state index in [9.17, 15) is 0 Å². The van der Waals surface area contributed by atoms with Crippen molar-refractivity contribution in [2.75, 3.05) is 0 Å². The lowest BCUT2D eigenvalue weighted by molar-refractivity contribution is 0.954. The summed E-state index contributed by atoms with van der Waals surface area (Å²) in [6.07, 6.45) is 4.66. The first-order valence-corrected chi connectivity index (χ1v) is 35.7. The summed E-state index contributed by atoms with van der Waals surface area (Å²) in [6, 6.07) is 96.9. The van der Waals surface area contributed by atoms with E-state index in [-0.39, 0.29) is 0 Å². The van der Waals surface area contributed by atoms with Gasteiger partial charge in [-0.3, -0.25) is 4.57 Å². The zero-order valence-corrected chi connectivity index (χ0v) is 55.3. The highest BCUT2D eigenvalue weighted by molar-refractivity contribution is 7.26. The van der Waals surface area contributed by atoms with Crippen LogP contribution in [0.25, 0.3) is 187 Å². The van der Waals surface area contributed by atoms with Crippen LogP contribution < -0.4 is 0 Å². The summed E-state index contributed by atoms with van der Waals surface area (Å²) in [6.45, 7) is 0. The smallest absolute Gasteiger partial charge is 0.238 e. The Labute approximate surface area is 581 Å². The summed E-state index contributed by atoms with van der Waals surface area (Å²) in [5.41, 5.74) is 14.6. The van der Waals surface area contributed by atoms with Crippen molar-refractivity contribution >= 4 is 107 Å². The first-order chi connectivity index (χ1) is 49.5. The van der Waals surface area contributed by atoms with Crippen molar-refractivity contribution in [1.82, 2.24) is 54.0 Å². The molecule has 0 atom stereocenters. The molecule has 470 valence electrons. The van der Waals surface area contributed by atoms with E-state index in [0.29, 0.717) is 64.4 Å². The molecular weight excluding hydrogens is 1260 g/mol. The molecule has 0 radical (unpaired) electrons. The van der Waals surface area contributed by atoms with Gasteiger partial charge in [0, 0.05) is 112 Å². The molecule has 0 unspecified atom stereocenters. The van der Waals surface area contributed by atoms with E-state index in [4.69, 9.17) is 44.9 Å². The number of rotatable bonds is 12. The minimum Gasteiger partial charge on any atom is -0.309 e. The maximum absolute atomic E-state index is 5.64. The van der Waals surface area contributed by atoms with Crippen LogP contribution in [0, 0.1) is 0 Å². The Bertz CT molecular complexity index is 6160. The largest absolute Gasteiger partial charge is 0.309 e. The van der Waals surface area contributed by atoms with Gasteiger partial charge in [0.15, 0.2) is 46.6 Å². The number of benzene rings is 12. The molecule has 7 heterocycles. The van der Waals surface area contributed by atoms with E-state index in [2.05, 4.69) is 161 Å². The van der Waals surface area contributed by atoms with Crippen molar-refractivity contribution in [2.45, 2.75) is 37.5 Å². The van der Waals surface area contributed by atoms with E-state index in [1.165, 1.54) is 64.3 Å². The summed E-state index contributed by atoms with van der Waals surface area (Å²) < 4.78 is 9.69. The van der Waals surface area contributed by atoms with Crippen molar-refractivity contribution in [3.63, 3.8) is 0 Å². The van der Waals surface area contributed by atoms with Crippen LogP contribution in [0.2, 0.25) is 0 Å². The summed E-state index contributed by atoms with van der Waals surface area (Å²) in [5, 5.41) is 9.27. The monoisotopic (exact) mass is 1320 g/mol. The lowest BCUT2D eigenvalue weighted by Crippen LogP contribution is -2.06. The van der Waals surface area contributed by atoms with Gasteiger partial charge >= 0.3 is 0 Å². The third-order valence-electron chi connectivity index (χ3n) is 20.0. The highest BCUT2D eigenvalue weighted by Crippen LogP contribution is 2.48. The van der Waals surface area contributed by atoms with Gasteiger partial charge in [-0.15, -0.1) is 22.7 Å². The topological polar surface area (TPSA) is 126 Å². The molecule has 0 N–H and O–H groups in total. The second-order valence-electron chi connectivity index (χ2n) is 26.4. The van der Waals surface area contributed by atoms with Gasteiger partial charge in [0.05, 0.1) is 22.1 Å². The molecule has 2 aliphatic rings. The van der Waals surface area contributed by atoms with Gasteiger partial charge in [-0.1, -0.05) is 170 Å². The number of fused-ring (bicyclic) bond motifs is 12. The highest BCUT2D eigenvalue weighted by Gasteiger charge is 2.29. The third kappa shape index (κ3) is 9.71.